The summed E-state index contributed by atoms with van der Waals surface area (Å²) in [4.78, 5) is 10.9. The van der Waals surface area contributed by atoms with Crippen LogP contribution in [0.15, 0.2) is 12.2 Å². The second-order valence-corrected chi connectivity index (χ2v) is 2.28. The van der Waals surface area contributed by atoms with Gasteiger partial charge in [0.05, 0.1) is 0 Å². The van der Waals surface area contributed by atoms with Crippen LogP contribution in [0.4, 0.5) is 0 Å². The number of hydrazine groups is 1. The Kier molecular flexibility index (Phi) is 3.72. The van der Waals surface area contributed by atoms with Gasteiger partial charge in [-0.1, -0.05) is 13.5 Å². The summed E-state index contributed by atoms with van der Waals surface area (Å²) in [5, 5.41) is 1.18. The molecule has 3 heteroatoms. The average Bonchev–Trinajstić information content (AvgIpc) is 1.87. The molecule has 0 bridgehead atoms. The number of carbonyl (C=O) groups excluding carboxylic acids is 1. The highest BCUT2D eigenvalue weighted by Crippen LogP contribution is 1.93. The molecule has 0 aliphatic heterocycles. The van der Waals surface area contributed by atoms with Gasteiger partial charge < -0.3 is 0 Å². The van der Waals surface area contributed by atoms with Gasteiger partial charge in [-0.05, 0) is 13.3 Å². The average molecular weight is 142 g/mol. The molecule has 0 saturated carbocycles. The summed E-state index contributed by atoms with van der Waals surface area (Å²) in [5.41, 5.74) is 0.482. The quantitative estimate of drug-likeness (QED) is 0.272. The Hall–Kier alpha value is -0.830. The number of hydrogen-bond donors (Lipinski definition) is 1. The van der Waals surface area contributed by atoms with E-state index in [1.807, 2.05) is 6.92 Å². The van der Waals surface area contributed by atoms with Gasteiger partial charge in [0.1, 0.15) is 0 Å². The van der Waals surface area contributed by atoms with Crippen molar-refractivity contribution in [3.63, 3.8) is 0 Å². The Morgan fingerprint density at radius 1 is 1.70 bits per heavy atom. The van der Waals surface area contributed by atoms with E-state index in [9.17, 15) is 4.79 Å². The first-order valence-electron chi connectivity index (χ1n) is 3.31. The van der Waals surface area contributed by atoms with Gasteiger partial charge in [-0.15, -0.1) is 0 Å². The van der Waals surface area contributed by atoms with Crippen molar-refractivity contribution in [1.82, 2.24) is 5.01 Å². The number of hydrogen-bond acceptors (Lipinski definition) is 2. The van der Waals surface area contributed by atoms with Crippen LogP contribution in [0.5, 0.6) is 0 Å². The van der Waals surface area contributed by atoms with Gasteiger partial charge in [-0.3, -0.25) is 9.80 Å². The van der Waals surface area contributed by atoms with Crippen LogP contribution in [0, 0.1) is 0 Å². The minimum absolute atomic E-state index is 0.179. The molecule has 0 aliphatic carbocycles. The maximum absolute atomic E-state index is 10.9. The summed E-state index contributed by atoms with van der Waals surface area (Å²) in [7, 11) is 0. The first kappa shape index (κ1) is 9.17. The van der Waals surface area contributed by atoms with Crippen LogP contribution in [-0.2, 0) is 4.79 Å². The highest BCUT2D eigenvalue weighted by Gasteiger charge is 2.06. The molecule has 0 atom stereocenters. The lowest BCUT2D eigenvalue weighted by molar-refractivity contribution is -0.127. The lowest BCUT2D eigenvalue weighted by Crippen LogP contribution is -2.38. The van der Waals surface area contributed by atoms with E-state index in [0.717, 1.165) is 6.42 Å². The van der Waals surface area contributed by atoms with Crippen molar-refractivity contribution in [3.8, 4) is 0 Å². The fraction of sp³-hybridized carbons (Fsp3) is 0.571. The van der Waals surface area contributed by atoms with Gasteiger partial charge in [0, 0.05) is 12.1 Å². The molecule has 0 radical (unpaired) electrons. The molecule has 0 aliphatic rings. The Morgan fingerprint density at radius 3 is 2.50 bits per heavy atom. The predicted molar refractivity (Wildman–Crippen MR) is 41.0 cm³/mol. The van der Waals surface area contributed by atoms with Crippen molar-refractivity contribution in [2.24, 2.45) is 5.84 Å². The van der Waals surface area contributed by atoms with Crippen molar-refractivity contribution < 1.29 is 4.79 Å². The molecule has 0 aromatic heterocycles. The summed E-state index contributed by atoms with van der Waals surface area (Å²) >= 11 is 0. The molecule has 10 heavy (non-hydrogen) atoms. The Labute approximate surface area is 61.5 Å². The summed E-state index contributed by atoms with van der Waals surface area (Å²) in [6, 6.07) is 0. The Morgan fingerprint density at radius 2 is 2.20 bits per heavy atom. The zero-order valence-electron chi connectivity index (χ0n) is 6.55. The number of carbonyl (C=O) groups is 1. The van der Waals surface area contributed by atoms with Gasteiger partial charge in [0.25, 0.3) is 5.91 Å². The molecule has 0 heterocycles. The third-order valence-electron chi connectivity index (χ3n) is 1.09. The van der Waals surface area contributed by atoms with Crippen LogP contribution in [0.3, 0.4) is 0 Å². The molecular weight excluding hydrogens is 128 g/mol. The summed E-state index contributed by atoms with van der Waals surface area (Å²) in [6.45, 7) is 7.69. The molecule has 0 aromatic rings. The van der Waals surface area contributed by atoms with Gasteiger partial charge in [-0.25, -0.2) is 5.84 Å². The number of amides is 1. The largest absolute Gasteiger partial charge is 0.277 e. The lowest BCUT2D eigenvalue weighted by atomic mass is 10.3. The maximum Gasteiger partial charge on any atom is 0.262 e. The van der Waals surface area contributed by atoms with Crippen LogP contribution in [0.1, 0.15) is 20.3 Å². The molecule has 0 fully saturated rings. The monoisotopic (exact) mass is 142 g/mol. The minimum Gasteiger partial charge on any atom is -0.277 e. The van der Waals surface area contributed by atoms with Crippen LogP contribution in [0.2, 0.25) is 0 Å². The molecular formula is C7H14N2O. The van der Waals surface area contributed by atoms with Gasteiger partial charge in [0.15, 0.2) is 0 Å². The van der Waals surface area contributed by atoms with E-state index in [-0.39, 0.29) is 5.91 Å². The summed E-state index contributed by atoms with van der Waals surface area (Å²) < 4.78 is 0. The van der Waals surface area contributed by atoms with Crippen molar-refractivity contribution in [3.05, 3.63) is 12.2 Å². The molecule has 0 spiro atoms. The second kappa shape index (κ2) is 4.06. The molecule has 3 nitrogen and oxygen atoms in total. The fourth-order valence-electron chi connectivity index (χ4n) is 0.588. The van der Waals surface area contributed by atoms with Crippen molar-refractivity contribution in [2.45, 2.75) is 20.3 Å². The standard InChI is InChI=1S/C7H14N2O/c1-4-5-9(8)7(10)6(2)3/h2,4-5,8H2,1,3H3. The van der Waals surface area contributed by atoms with Crippen LogP contribution in [-0.4, -0.2) is 17.5 Å². The van der Waals surface area contributed by atoms with Crippen molar-refractivity contribution in [1.29, 1.82) is 0 Å². The summed E-state index contributed by atoms with van der Waals surface area (Å²) in [5.74, 6) is 5.17. The van der Waals surface area contributed by atoms with E-state index in [0.29, 0.717) is 12.1 Å². The van der Waals surface area contributed by atoms with E-state index in [1.165, 1.54) is 5.01 Å². The van der Waals surface area contributed by atoms with Crippen LogP contribution < -0.4 is 5.84 Å². The third-order valence-corrected chi connectivity index (χ3v) is 1.09. The zero-order valence-corrected chi connectivity index (χ0v) is 6.55. The predicted octanol–water partition coefficient (Wildman–Crippen LogP) is 0.675. The first-order chi connectivity index (χ1) is 4.59. The van der Waals surface area contributed by atoms with Gasteiger partial charge in [0.2, 0.25) is 0 Å². The normalized spacial score (nSPS) is 9.10. The molecule has 0 saturated heterocycles. The molecule has 0 aromatic carbocycles. The minimum atomic E-state index is -0.179. The smallest absolute Gasteiger partial charge is 0.262 e. The second-order valence-electron chi connectivity index (χ2n) is 2.28. The van der Waals surface area contributed by atoms with Crippen molar-refractivity contribution in [2.75, 3.05) is 6.54 Å². The number of nitrogens with two attached hydrogens (primary N) is 1. The topological polar surface area (TPSA) is 46.3 Å². The fourth-order valence-corrected chi connectivity index (χ4v) is 0.588. The molecule has 1 amide bonds. The first-order valence-corrected chi connectivity index (χ1v) is 3.31. The number of nitrogens with zero attached hydrogens (tertiary/aromatic N) is 1. The van der Waals surface area contributed by atoms with E-state index in [4.69, 9.17) is 5.84 Å². The Bertz CT molecular complexity index is 143. The van der Waals surface area contributed by atoms with E-state index in [2.05, 4.69) is 6.58 Å². The summed E-state index contributed by atoms with van der Waals surface area (Å²) in [6.07, 6.45) is 0.871. The molecule has 0 rings (SSSR count). The van der Waals surface area contributed by atoms with Crippen LogP contribution >= 0.6 is 0 Å². The van der Waals surface area contributed by atoms with E-state index >= 15 is 0 Å². The molecule has 0 unspecified atom stereocenters. The van der Waals surface area contributed by atoms with E-state index < -0.39 is 0 Å². The van der Waals surface area contributed by atoms with Gasteiger partial charge >= 0.3 is 0 Å². The zero-order chi connectivity index (χ0) is 8.15. The molecule has 2 N–H and O–H groups in total. The Balaban J connectivity index is 3.82. The lowest BCUT2D eigenvalue weighted by Gasteiger charge is -2.14. The van der Waals surface area contributed by atoms with Gasteiger partial charge in [-0.2, -0.15) is 0 Å². The van der Waals surface area contributed by atoms with E-state index in [1.54, 1.807) is 6.92 Å². The third kappa shape index (κ3) is 2.64. The maximum atomic E-state index is 10.9. The highest BCUT2D eigenvalue weighted by molar-refractivity contribution is 5.91. The number of rotatable bonds is 3. The molecule has 58 valence electrons. The highest BCUT2D eigenvalue weighted by atomic mass is 16.2. The SMILES string of the molecule is C=C(C)C(=O)N(N)CCC. The van der Waals surface area contributed by atoms with Crippen LogP contribution in [0.25, 0.3) is 0 Å². The van der Waals surface area contributed by atoms with Crippen molar-refractivity contribution >= 4 is 5.91 Å².